The van der Waals surface area contributed by atoms with Gasteiger partial charge in [0, 0.05) is 0 Å². The fourth-order valence-electron chi connectivity index (χ4n) is 1.48. The van der Waals surface area contributed by atoms with Gasteiger partial charge in [0.15, 0.2) is 0 Å². The summed E-state index contributed by atoms with van der Waals surface area (Å²) in [7, 11) is 1.07. The summed E-state index contributed by atoms with van der Waals surface area (Å²) < 4.78 is 63.1. The van der Waals surface area contributed by atoms with Crippen molar-refractivity contribution in [1.29, 1.82) is 0 Å². The van der Waals surface area contributed by atoms with Gasteiger partial charge in [0.2, 0.25) is 0 Å². The van der Waals surface area contributed by atoms with E-state index >= 15 is 0 Å². The molecule has 0 saturated carbocycles. The molecule has 1 unspecified atom stereocenters. The van der Waals surface area contributed by atoms with Gasteiger partial charge in [0.25, 0.3) is 0 Å². The van der Waals surface area contributed by atoms with E-state index in [1.807, 2.05) is 5.32 Å². The lowest BCUT2D eigenvalue weighted by atomic mass is 9.99. The molecule has 0 spiro atoms. The Bertz CT molecular complexity index is 368. The summed E-state index contributed by atoms with van der Waals surface area (Å²) in [6.07, 6.45) is -5.58. The lowest BCUT2D eigenvalue weighted by molar-refractivity contribution is -0.293. The Morgan fingerprint density at radius 2 is 1.47 bits per heavy atom. The molecular formula is C11H12F5N. The lowest BCUT2D eigenvalue weighted by Crippen LogP contribution is -2.47. The molecule has 17 heavy (non-hydrogen) atoms. The van der Waals surface area contributed by atoms with Crippen molar-refractivity contribution in [1.82, 2.24) is 5.32 Å². The highest BCUT2D eigenvalue weighted by atomic mass is 19.4. The summed E-state index contributed by atoms with van der Waals surface area (Å²) in [5.41, 5.74) is 0.694. The SMILES string of the molecule is CNC(c1ccc(C)cc1)C(F)(F)C(F)(F)F. The molecule has 0 aliphatic heterocycles. The summed E-state index contributed by atoms with van der Waals surface area (Å²) in [6, 6.07) is 3.42. The normalized spacial score (nSPS) is 14.8. The first-order valence-electron chi connectivity index (χ1n) is 4.88. The summed E-state index contributed by atoms with van der Waals surface area (Å²) in [6.45, 7) is 1.72. The van der Waals surface area contributed by atoms with E-state index in [4.69, 9.17) is 0 Å². The van der Waals surface area contributed by atoms with Gasteiger partial charge >= 0.3 is 12.1 Å². The van der Waals surface area contributed by atoms with E-state index in [9.17, 15) is 22.0 Å². The predicted molar refractivity (Wildman–Crippen MR) is 54.0 cm³/mol. The van der Waals surface area contributed by atoms with Crippen molar-refractivity contribution in [2.24, 2.45) is 0 Å². The average Bonchev–Trinajstić information content (AvgIpc) is 2.20. The van der Waals surface area contributed by atoms with Crippen molar-refractivity contribution >= 4 is 0 Å². The summed E-state index contributed by atoms with van der Waals surface area (Å²) in [5.74, 6) is -4.81. The van der Waals surface area contributed by atoms with Gasteiger partial charge in [-0.1, -0.05) is 29.8 Å². The zero-order valence-corrected chi connectivity index (χ0v) is 9.28. The number of alkyl halides is 5. The topological polar surface area (TPSA) is 12.0 Å². The van der Waals surface area contributed by atoms with Crippen LogP contribution in [0.25, 0.3) is 0 Å². The van der Waals surface area contributed by atoms with Gasteiger partial charge in [-0.25, -0.2) is 0 Å². The highest BCUT2D eigenvalue weighted by Crippen LogP contribution is 2.44. The van der Waals surface area contributed by atoms with Crippen LogP contribution in [-0.2, 0) is 0 Å². The molecule has 0 radical (unpaired) electrons. The van der Waals surface area contributed by atoms with Crippen LogP contribution in [0.15, 0.2) is 24.3 Å². The van der Waals surface area contributed by atoms with Gasteiger partial charge in [-0.2, -0.15) is 22.0 Å². The molecule has 1 atom stereocenters. The fourth-order valence-corrected chi connectivity index (χ4v) is 1.48. The quantitative estimate of drug-likeness (QED) is 0.813. The van der Waals surface area contributed by atoms with Crippen LogP contribution in [0.2, 0.25) is 0 Å². The Morgan fingerprint density at radius 3 is 1.82 bits per heavy atom. The van der Waals surface area contributed by atoms with E-state index in [-0.39, 0.29) is 5.56 Å². The number of halogens is 5. The smallest absolute Gasteiger partial charge is 0.308 e. The number of aryl methyl sites for hydroxylation is 1. The van der Waals surface area contributed by atoms with Gasteiger partial charge in [0.05, 0.1) is 0 Å². The van der Waals surface area contributed by atoms with Crippen LogP contribution in [0.5, 0.6) is 0 Å². The number of benzene rings is 1. The minimum atomic E-state index is -5.58. The first-order valence-corrected chi connectivity index (χ1v) is 4.88. The molecule has 1 aromatic rings. The number of hydrogen-bond acceptors (Lipinski definition) is 1. The molecule has 6 heteroatoms. The van der Waals surface area contributed by atoms with Crippen LogP contribution in [0.1, 0.15) is 17.2 Å². The van der Waals surface area contributed by atoms with Crippen LogP contribution in [0, 0.1) is 6.92 Å². The van der Waals surface area contributed by atoms with E-state index in [2.05, 4.69) is 0 Å². The molecule has 1 N–H and O–H groups in total. The molecule has 96 valence electrons. The summed E-state index contributed by atoms with van der Waals surface area (Å²) in [5, 5.41) is 2.01. The Hall–Kier alpha value is -1.17. The van der Waals surface area contributed by atoms with Gasteiger partial charge in [0.1, 0.15) is 6.04 Å². The molecule has 0 saturated heterocycles. The third kappa shape index (κ3) is 2.74. The number of hydrogen-bond donors (Lipinski definition) is 1. The van der Waals surface area contributed by atoms with E-state index < -0.39 is 18.1 Å². The van der Waals surface area contributed by atoms with E-state index in [0.717, 1.165) is 12.6 Å². The second-order valence-electron chi connectivity index (χ2n) is 3.75. The predicted octanol–water partition coefficient (Wildman–Crippen LogP) is 3.45. The first-order chi connectivity index (χ1) is 7.70. The molecule has 1 aromatic carbocycles. The molecule has 0 aliphatic carbocycles. The van der Waals surface area contributed by atoms with E-state index in [1.54, 1.807) is 6.92 Å². The Kier molecular flexibility index (Phi) is 3.76. The minimum Gasteiger partial charge on any atom is -0.308 e. The maximum absolute atomic E-state index is 13.2. The summed E-state index contributed by atoms with van der Waals surface area (Å²) >= 11 is 0. The third-order valence-electron chi connectivity index (χ3n) is 2.44. The van der Waals surface area contributed by atoms with Crippen molar-refractivity contribution in [2.45, 2.75) is 25.1 Å². The molecule has 0 heterocycles. The highest BCUT2D eigenvalue weighted by Gasteiger charge is 2.62. The second kappa shape index (κ2) is 4.60. The Balaban J connectivity index is 3.11. The largest absolute Gasteiger partial charge is 0.455 e. The second-order valence-corrected chi connectivity index (χ2v) is 3.75. The van der Waals surface area contributed by atoms with Crippen molar-refractivity contribution in [3.63, 3.8) is 0 Å². The average molecular weight is 253 g/mol. The Morgan fingerprint density at radius 1 is 1.00 bits per heavy atom. The molecule has 0 aliphatic rings. The molecule has 0 fully saturated rings. The van der Waals surface area contributed by atoms with Gasteiger partial charge < -0.3 is 5.32 Å². The van der Waals surface area contributed by atoms with Crippen molar-refractivity contribution in [3.8, 4) is 0 Å². The molecule has 0 amide bonds. The maximum Gasteiger partial charge on any atom is 0.455 e. The van der Waals surface area contributed by atoms with Crippen LogP contribution in [0.3, 0.4) is 0 Å². The monoisotopic (exact) mass is 253 g/mol. The zero-order valence-electron chi connectivity index (χ0n) is 9.28. The lowest BCUT2D eigenvalue weighted by Gasteiger charge is -2.28. The first kappa shape index (κ1) is 13.9. The van der Waals surface area contributed by atoms with Crippen LogP contribution >= 0.6 is 0 Å². The fraction of sp³-hybridized carbons (Fsp3) is 0.455. The van der Waals surface area contributed by atoms with Crippen molar-refractivity contribution in [2.75, 3.05) is 7.05 Å². The van der Waals surface area contributed by atoms with E-state index in [1.165, 1.54) is 24.3 Å². The molecule has 1 nitrogen and oxygen atoms in total. The van der Waals surface area contributed by atoms with E-state index in [0.29, 0.717) is 0 Å². The minimum absolute atomic E-state index is 0.0968. The van der Waals surface area contributed by atoms with Crippen molar-refractivity contribution < 1.29 is 22.0 Å². The number of nitrogens with one attached hydrogen (secondary N) is 1. The highest BCUT2D eigenvalue weighted by molar-refractivity contribution is 5.26. The van der Waals surface area contributed by atoms with Crippen LogP contribution < -0.4 is 5.32 Å². The van der Waals surface area contributed by atoms with Crippen LogP contribution in [-0.4, -0.2) is 19.1 Å². The molecule has 1 rings (SSSR count). The van der Waals surface area contributed by atoms with Gasteiger partial charge in [-0.3, -0.25) is 0 Å². The molecule has 0 aromatic heterocycles. The van der Waals surface area contributed by atoms with Gasteiger partial charge in [-0.15, -0.1) is 0 Å². The molecule has 0 bridgehead atoms. The zero-order chi connectivity index (χ0) is 13.3. The van der Waals surface area contributed by atoms with Gasteiger partial charge in [-0.05, 0) is 19.5 Å². The van der Waals surface area contributed by atoms with Crippen molar-refractivity contribution in [3.05, 3.63) is 35.4 Å². The third-order valence-corrected chi connectivity index (χ3v) is 2.44. The van der Waals surface area contributed by atoms with Crippen LogP contribution in [0.4, 0.5) is 22.0 Å². The summed E-state index contributed by atoms with van der Waals surface area (Å²) in [4.78, 5) is 0. The molecular weight excluding hydrogens is 241 g/mol. The standard InChI is InChI=1S/C11H12F5N/c1-7-3-5-8(6-4-7)9(17-2)10(12,13)11(14,15)16/h3-6,9,17H,1-2H3. The maximum atomic E-state index is 13.2. The Labute approximate surface area is 95.6 Å². The number of rotatable bonds is 3.